The van der Waals surface area contributed by atoms with Gasteiger partial charge in [0.2, 0.25) is 5.82 Å². The molecule has 8 heteroatoms. The number of nitrogens with zero attached hydrogens (tertiary/aromatic N) is 3. The molecule has 3 aromatic rings. The van der Waals surface area contributed by atoms with Gasteiger partial charge in [-0.2, -0.15) is 0 Å². The fourth-order valence-corrected chi connectivity index (χ4v) is 2.02. The first-order valence-electron chi connectivity index (χ1n) is 6.57. The van der Waals surface area contributed by atoms with Crippen molar-refractivity contribution in [3.05, 3.63) is 70.6 Å². The van der Waals surface area contributed by atoms with Crippen LogP contribution >= 0.6 is 0 Å². The number of hydrogen-bond acceptors (Lipinski definition) is 5. The second-order valence-electron chi connectivity index (χ2n) is 4.63. The molecule has 2 N–H and O–H groups in total. The lowest BCUT2D eigenvalue weighted by Crippen LogP contribution is -2.31. The molecular weight excluding hydrogens is 286 g/mol. The average molecular weight is 299 g/mol. The predicted molar refractivity (Wildman–Crippen MR) is 75.7 cm³/mol. The number of aromatic nitrogens is 4. The van der Waals surface area contributed by atoms with Crippen molar-refractivity contribution in [3.63, 3.8) is 0 Å². The van der Waals surface area contributed by atoms with Crippen LogP contribution in [0.2, 0.25) is 0 Å². The second kappa shape index (κ2) is 6.08. The number of carbonyl (C=O) groups excluding carboxylic acids is 1. The molecule has 0 saturated heterocycles. The summed E-state index contributed by atoms with van der Waals surface area (Å²) in [4.78, 5) is 31.5. The van der Waals surface area contributed by atoms with Crippen LogP contribution in [0.5, 0.6) is 0 Å². The summed E-state index contributed by atoms with van der Waals surface area (Å²) < 4.78 is 5.28. The number of amides is 1. The van der Waals surface area contributed by atoms with E-state index in [0.717, 1.165) is 5.56 Å². The number of hydrogen-bond donors (Lipinski definition) is 2. The minimum atomic E-state index is -0.525. The minimum Gasteiger partial charge on any atom is -0.467 e. The fourth-order valence-electron chi connectivity index (χ4n) is 2.02. The van der Waals surface area contributed by atoms with Gasteiger partial charge in [-0.25, -0.2) is 9.89 Å². The van der Waals surface area contributed by atoms with Crippen molar-refractivity contribution >= 4 is 5.91 Å². The Morgan fingerprint density at radius 3 is 2.82 bits per heavy atom. The van der Waals surface area contributed by atoms with Crippen molar-refractivity contribution in [3.8, 4) is 0 Å². The molecule has 112 valence electrons. The maximum atomic E-state index is 12.5. The Hall–Kier alpha value is -3.16. The van der Waals surface area contributed by atoms with Crippen LogP contribution in [-0.4, -0.2) is 31.0 Å². The average Bonchev–Trinajstić information content (AvgIpc) is 3.18. The molecule has 8 nitrogen and oxygen atoms in total. The van der Waals surface area contributed by atoms with E-state index in [0.29, 0.717) is 12.3 Å². The highest BCUT2D eigenvalue weighted by atomic mass is 16.3. The Bertz CT molecular complexity index is 791. The molecule has 0 aromatic carbocycles. The van der Waals surface area contributed by atoms with Crippen molar-refractivity contribution in [2.45, 2.75) is 13.1 Å². The molecule has 0 spiro atoms. The molecular formula is C14H13N5O3. The molecule has 3 heterocycles. The molecule has 22 heavy (non-hydrogen) atoms. The molecule has 0 aliphatic carbocycles. The molecule has 0 radical (unpaired) electrons. The van der Waals surface area contributed by atoms with Gasteiger partial charge in [-0.3, -0.25) is 14.8 Å². The monoisotopic (exact) mass is 299 g/mol. The highest BCUT2D eigenvalue weighted by Crippen LogP contribution is 2.12. The van der Waals surface area contributed by atoms with E-state index in [1.54, 1.807) is 36.9 Å². The second-order valence-corrected chi connectivity index (χ2v) is 4.63. The van der Waals surface area contributed by atoms with E-state index in [9.17, 15) is 9.59 Å². The van der Waals surface area contributed by atoms with Gasteiger partial charge in [0.25, 0.3) is 5.91 Å². The number of rotatable bonds is 5. The Kier molecular flexibility index (Phi) is 3.82. The fraction of sp³-hybridized carbons (Fsp3) is 0.143. The van der Waals surface area contributed by atoms with Crippen LogP contribution in [0.1, 0.15) is 21.9 Å². The quantitative estimate of drug-likeness (QED) is 0.728. The van der Waals surface area contributed by atoms with E-state index in [-0.39, 0.29) is 12.4 Å². The third-order valence-electron chi connectivity index (χ3n) is 3.01. The maximum Gasteiger partial charge on any atom is 0.341 e. The Balaban J connectivity index is 1.85. The Labute approximate surface area is 124 Å². The molecule has 0 saturated carbocycles. The summed E-state index contributed by atoms with van der Waals surface area (Å²) in [6.45, 7) is 0.581. The lowest BCUT2D eigenvalue weighted by atomic mass is 10.2. The molecule has 0 unspecified atom stereocenters. The third kappa shape index (κ3) is 3.11. The number of aromatic amines is 2. The maximum absolute atomic E-state index is 12.5. The van der Waals surface area contributed by atoms with Crippen molar-refractivity contribution in [1.29, 1.82) is 0 Å². The van der Waals surface area contributed by atoms with Crippen molar-refractivity contribution in [1.82, 2.24) is 25.1 Å². The number of H-pyrrole nitrogens is 2. The highest BCUT2D eigenvalue weighted by Gasteiger charge is 2.20. The van der Waals surface area contributed by atoms with Gasteiger partial charge in [0.05, 0.1) is 12.8 Å². The molecule has 0 aliphatic rings. The molecule has 0 fully saturated rings. The van der Waals surface area contributed by atoms with Gasteiger partial charge in [0.15, 0.2) is 0 Å². The summed E-state index contributed by atoms with van der Waals surface area (Å²) in [6.07, 6.45) is 4.88. The van der Waals surface area contributed by atoms with Gasteiger partial charge in [-0.1, -0.05) is 6.07 Å². The molecule has 0 bridgehead atoms. The van der Waals surface area contributed by atoms with Crippen LogP contribution in [0.4, 0.5) is 0 Å². The lowest BCUT2D eigenvalue weighted by molar-refractivity contribution is 0.0705. The van der Waals surface area contributed by atoms with E-state index in [2.05, 4.69) is 20.2 Å². The summed E-state index contributed by atoms with van der Waals surface area (Å²) in [5, 5.41) is 5.86. The summed E-state index contributed by atoms with van der Waals surface area (Å²) in [6, 6.07) is 7.18. The standard InChI is InChI=1S/C14H13N5O3/c20-13(12-16-14(21)18-17-12)19(9-11-4-2-6-22-11)8-10-3-1-5-15-7-10/h1-7H,8-9H2,(H2,16,17,18,21). The molecule has 3 rings (SSSR count). The largest absolute Gasteiger partial charge is 0.467 e. The number of pyridine rings is 1. The molecule has 0 atom stereocenters. The zero-order valence-electron chi connectivity index (χ0n) is 11.5. The molecule has 1 amide bonds. The van der Waals surface area contributed by atoms with Crippen LogP contribution in [0.15, 0.2) is 52.1 Å². The van der Waals surface area contributed by atoms with Crippen LogP contribution in [-0.2, 0) is 13.1 Å². The first kappa shape index (κ1) is 13.8. The van der Waals surface area contributed by atoms with E-state index >= 15 is 0 Å². The summed E-state index contributed by atoms with van der Waals surface area (Å²) in [7, 11) is 0. The third-order valence-corrected chi connectivity index (χ3v) is 3.01. The van der Waals surface area contributed by atoms with Gasteiger partial charge in [-0.15, -0.1) is 5.10 Å². The van der Waals surface area contributed by atoms with Gasteiger partial charge < -0.3 is 9.32 Å². The van der Waals surface area contributed by atoms with Crippen LogP contribution in [0.3, 0.4) is 0 Å². The first-order chi connectivity index (χ1) is 10.7. The minimum absolute atomic E-state index is 0.0413. The van der Waals surface area contributed by atoms with Gasteiger partial charge >= 0.3 is 5.69 Å². The smallest absolute Gasteiger partial charge is 0.341 e. The van der Waals surface area contributed by atoms with Crippen LogP contribution < -0.4 is 5.69 Å². The van der Waals surface area contributed by atoms with Crippen LogP contribution in [0, 0.1) is 0 Å². The zero-order valence-corrected chi connectivity index (χ0v) is 11.5. The highest BCUT2D eigenvalue weighted by molar-refractivity contribution is 5.90. The zero-order chi connectivity index (χ0) is 15.4. The predicted octanol–water partition coefficient (Wildman–Crippen LogP) is 0.929. The van der Waals surface area contributed by atoms with Gasteiger partial charge in [-0.05, 0) is 23.8 Å². The van der Waals surface area contributed by atoms with Gasteiger partial charge in [0.1, 0.15) is 5.76 Å². The Morgan fingerprint density at radius 1 is 1.27 bits per heavy atom. The summed E-state index contributed by atoms with van der Waals surface area (Å²) in [5.41, 5.74) is 0.336. The van der Waals surface area contributed by atoms with Crippen molar-refractivity contribution < 1.29 is 9.21 Å². The van der Waals surface area contributed by atoms with Crippen molar-refractivity contribution in [2.24, 2.45) is 0 Å². The first-order valence-corrected chi connectivity index (χ1v) is 6.57. The SMILES string of the molecule is O=C(c1n[nH]c(=O)[nH]1)N(Cc1cccnc1)Cc1ccco1. The van der Waals surface area contributed by atoms with E-state index in [1.165, 1.54) is 4.90 Å². The van der Waals surface area contributed by atoms with E-state index in [1.807, 2.05) is 6.07 Å². The topological polar surface area (TPSA) is 108 Å². The lowest BCUT2D eigenvalue weighted by Gasteiger charge is -2.20. The van der Waals surface area contributed by atoms with Crippen LogP contribution in [0.25, 0.3) is 0 Å². The Morgan fingerprint density at radius 2 is 2.18 bits per heavy atom. The van der Waals surface area contributed by atoms with Crippen molar-refractivity contribution in [2.75, 3.05) is 0 Å². The number of nitrogens with one attached hydrogen (secondary N) is 2. The van der Waals surface area contributed by atoms with Gasteiger partial charge in [0, 0.05) is 18.9 Å². The number of carbonyl (C=O) groups is 1. The number of furan rings is 1. The van der Waals surface area contributed by atoms with E-state index < -0.39 is 11.6 Å². The summed E-state index contributed by atoms with van der Waals surface area (Å²) in [5.74, 6) is 0.189. The van der Waals surface area contributed by atoms with E-state index in [4.69, 9.17) is 4.42 Å². The normalized spacial score (nSPS) is 10.5. The molecule has 3 aromatic heterocycles. The molecule has 0 aliphatic heterocycles. The summed E-state index contributed by atoms with van der Waals surface area (Å²) >= 11 is 0.